The van der Waals surface area contributed by atoms with Gasteiger partial charge in [0.1, 0.15) is 11.9 Å². The third-order valence-electron chi connectivity index (χ3n) is 4.56. The molecule has 26 heavy (non-hydrogen) atoms. The van der Waals surface area contributed by atoms with Crippen LogP contribution in [0.4, 0.5) is 5.82 Å². The van der Waals surface area contributed by atoms with Crippen molar-refractivity contribution in [3.05, 3.63) is 59.3 Å². The molecule has 0 bridgehead atoms. The summed E-state index contributed by atoms with van der Waals surface area (Å²) in [5.41, 5.74) is 2.91. The van der Waals surface area contributed by atoms with Crippen molar-refractivity contribution in [2.45, 2.75) is 13.5 Å². The van der Waals surface area contributed by atoms with Gasteiger partial charge in [0.05, 0.1) is 12.1 Å². The van der Waals surface area contributed by atoms with Crippen LogP contribution in [0.25, 0.3) is 0 Å². The highest BCUT2D eigenvalue weighted by atomic mass is 16.2. The average molecular weight is 349 g/mol. The highest BCUT2D eigenvalue weighted by Gasteiger charge is 2.21. The quantitative estimate of drug-likeness (QED) is 0.889. The van der Waals surface area contributed by atoms with Gasteiger partial charge in [0, 0.05) is 38.9 Å². The molecule has 0 unspecified atom stereocenters. The predicted octanol–water partition coefficient (Wildman–Crippen LogP) is 1.70. The van der Waals surface area contributed by atoms with E-state index in [1.54, 1.807) is 18.3 Å². The largest absolute Gasteiger partial charge is 0.353 e. The number of nitriles is 1. The van der Waals surface area contributed by atoms with Crippen molar-refractivity contribution in [2.75, 3.05) is 37.6 Å². The number of anilines is 1. The van der Waals surface area contributed by atoms with Crippen LogP contribution in [-0.4, -0.2) is 48.5 Å². The van der Waals surface area contributed by atoms with Crippen LogP contribution in [-0.2, 0) is 11.3 Å². The van der Waals surface area contributed by atoms with Crippen molar-refractivity contribution in [3.8, 4) is 6.07 Å². The van der Waals surface area contributed by atoms with Crippen LogP contribution < -0.4 is 10.2 Å². The Morgan fingerprint density at radius 3 is 2.62 bits per heavy atom. The second kappa shape index (κ2) is 8.45. The van der Waals surface area contributed by atoms with Crippen molar-refractivity contribution in [2.24, 2.45) is 0 Å². The second-order valence-corrected chi connectivity index (χ2v) is 6.51. The first kappa shape index (κ1) is 17.9. The molecule has 0 atom stereocenters. The van der Waals surface area contributed by atoms with Crippen molar-refractivity contribution >= 4 is 11.7 Å². The molecule has 0 radical (unpaired) electrons. The fourth-order valence-corrected chi connectivity index (χ4v) is 3.02. The molecule has 6 nitrogen and oxygen atoms in total. The number of carbonyl (C=O) groups is 1. The fraction of sp³-hybridized carbons (Fsp3) is 0.350. The van der Waals surface area contributed by atoms with E-state index >= 15 is 0 Å². The summed E-state index contributed by atoms with van der Waals surface area (Å²) in [5.74, 6) is 0.771. The molecular formula is C20H23N5O. The van der Waals surface area contributed by atoms with Gasteiger partial charge >= 0.3 is 0 Å². The normalized spacial score (nSPS) is 14.7. The molecule has 1 N–H and O–H groups in total. The summed E-state index contributed by atoms with van der Waals surface area (Å²) in [6, 6.07) is 13.9. The van der Waals surface area contributed by atoms with E-state index in [0.717, 1.165) is 37.6 Å². The summed E-state index contributed by atoms with van der Waals surface area (Å²) in [5, 5.41) is 12.2. The minimum atomic E-state index is 0.0366. The minimum Gasteiger partial charge on any atom is -0.353 e. The van der Waals surface area contributed by atoms with Crippen molar-refractivity contribution in [3.63, 3.8) is 0 Å². The number of aryl methyl sites for hydroxylation is 1. The summed E-state index contributed by atoms with van der Waals surface area (Å²) in [7, 11) is 0. The first-order valence-electron chi connectivity index (χ1n) is 8.80. The Labute approximate surface area is 154 Å². The molecule has 0 saturated carbocycles. The van der Waals surface area contributed by atoms with E-state index < -0.39 is 0 Å². The maximum Gasteiger partial charge on any atom is 0.234 e. The van der Waals surface area contributed by atoms with Gasteiger partial charge in [-0.2, -0.15) is 5.26 Å². The van der Waals surface area contributed by atoms with Crippen LogP contribution in [0.2, 0.25) is 0 Å². The van der Waals surface area contributed by atoms with E-state index in [1.807, 2.05) is 31.2 Å². The highest BCUT2D eigenvalue weighted by Crippen LogP contribution is 2.17. The van der Waals surface area contributed by atoms with E-state index in [9.17, 15) is 10.1 Å². The van der Waals surface area contributed by atoms with Crippen molar-refractivity contribution < 1.29 is 4.79 Å². The highest BCUT2D eigenvalue weighted by molar-refractivity contribution is 5.78. The van der Waals surface area contributed by atoms with E-state index in [1.165, 1.54) is 5.56 Å². The van der Waals surface area contributed by atoms with Gasteiger partial charge in [0.15, 0.2) is 0 Å². The van der Waals surface area contributed by atoms with E-state index in [-0.39, 0.29) is 5.91 Å². The van der Waals surface area contributed by atoms with Crippen LogP contribution in [0.5, 0.6) is 0 Å². The van der Waals surface area contributed by atoms with Gasteiger partial charge in [-0.3, -0.25) is 9.69 Å². The third-order valence-corrected chi connectivity index (χ3v) is 4.56. The number of piperazine rings is 1. The molecule has 1 aromatic carbocycles. The lowest BCUT2D eigenvalue weighted by Gasteiger charge is -2.35. The second-order valence-electron chi connectivity index (χ2n) is 6.51. The van der Waals surface area contributed by atoms with Gasteiger partial charge in [0.25, 0.3) is 0 Å². The summed E-state index contributed by atoms with van der Waals surface area (Å²) >= 11 is 0. The van der Waals surface area contributed by atoms with Crippen LogP contribution in [0.1, 0.15) is 16.7 Å². The zero-order valence-corrected chi connectivity index (χ0v) is 15.0. The lowest BCUT2D eigenvalue weighted by molar-refractivity contribution is -0.122. The monoisotopic (exact) mass is 349 g/mol. The smallest absolute Gasteiger partial charge is 0.234 e. The standard InChI is InChI=1S/C20H23N5O/c1-16-4-6-17(7-5-16)14-23-19(26)15-24-9-11-25(12-10-24)20-18(13-21)3-2-8-22-20/h2-8H,9-12,14-15H2,1H3,(H,23,26). The molecule has 1 saturated heterocycles. The van der Waals surface area contributed by atoms with Gasteiger partial charge in [-0.05, 0) is 24.6 Å². The van der Waals surface area contributed by atoms with Crippen LogP contribution in [0.15, 0.2) is 42.6 Å². The van der Waals surface area contributed by atoms with E-state index in [4.69, 9.17) is 0 Å². The van der Waals surface area contributed by atoms with Gasteiger partial charge < -0.3 is 10.2 Å². The lowest BCUT2D eigenvalue weighted by Crippen LogP contribution is -2.49. The Morgan fingerprint density at radius 1 is 1.19 bits per heavy atom. The zero-order valence-electron chi connectivity index (χ0n) is 15.0. The molecule has 1 aromatic heterocycles. The molecule has 1 fully saturated rings. The van der Waals surface area contributed by atoms with Crippen molar-refractivity contribution in [1.82, 2.24) is 15.2 Å². The minimum absolute atomic E-state index is 0.0366. The maximum absolute atomic E-state index is 12.2. The summed E-state index contributed by atoms with van der Waals surface area (Å²) < 4.78 is 0. The molecule has 134 valence electrons. The van der Waals surface area contributed by atoms with Gasteiger partial charge in [0.2, 0.25) is 5.91 Å². The first-order chi connectivity index (χ1) is 12.7. The van der Waals surface area contributed by atoms with Gasteiger partial charge in [-0.25, -0.2) is 4.98 Å². The third kappa shape index (κ3) is 4.58. The van der Waals surface area contributed by atoms with Gasteiger partial charge in [-0.15, -0.1) is 0 Å². The SMILES string of the molecule is Cc1ccc(CNC(=O)CN2CCN(c3ncccc3C#N)CC2)cc1. The predicted molar refractivity (Wildman–Crippen MR) is 101 cm³/mol. The topological polar surface area (TPSA) is 72.3 Å². The molecule has 2 aromatic rings. The molecule has 3 rings (SSSR count). The Balaban J connectivity index is 1.45. The van der Waals surface area contributed by atoms with Crippen LogP contribution in [0, 0.1) is 18.3 Å². The molecule has 0 aliphatic carbocycles. The molecule has 1 aliphatic rings. The number of rotatable bonds is 5. The Bertz CT molecular complexity index is 789. The van der Waals surface area contributed by atoms with Crippen LogP contribution >= 0.6 is 0 Å². The number of carbonyl (C=O) groups excluding carboxylic acids is 1. The zero-order chi connectivity index (χ0) is 18.4. The van der Waals surface area contributed by atoms with Gasteiger partial charge in [-0.1, -0.05) is 29.8 Å². The average Bonchev–Trinajstić information content (AvgIpc) is 2.68. The molecule has 6 heteroatoms. The summed E-state index contributed by atoms with van der Waals surface area (Å²) in [6.45, 7) is 6.07. The molecule has 0 spiro atoms. The maximum atomic E-state index is 12.2. The number of hydrogen-bond donors (Lipinski definition) is 1. The van der Waals surface area contributed by atoms with E-state index in [2.05, 4.69) is 26.2 Å². The molecule has 1 amide bonds. The number of pyridine rings is 1. The molecule has 1 aliphatic heterocycles. The lowest BCUT2D eigenvalue weighted by atomic mass is 10.1. The summed E-state index contributed by atoms with van der Waals surface area (Å²) in [4.78, 5) is 20.8. The van der Waals surface area contributed by atoms with Crippen molar-refractivity contribution in [1.29, 1.82) is 5.26 Å². The number of hydrogen-bond acceptors (Lipinski definition) is 5. The van der Waals surface area contributed by atoms with Crippen LogP contribution in [0.3, 0.4) is 0 Å². The number of nitrogens with one attached hydrogen (secondary N) is 1. The first-order valence-corrected chi connectivity index (χ1v) is 8.80. The molecule has 2 heterocycles. The fourth-order valence-electron chi connectivity index (χ4n) is 3.02. The van der Waals surface area contributed by atoms with E-state index in [0.29, 0.717) is 18.7 Å². The Morgan fingerprint density at radius 2 is 1.92 bits per heavy atom. The number of amides is 1. The number of aromatic nitrogens is 1. The number of nitrogens with zero attached hydrogens (tertiary/aromatic N) is 4. The summed E-state index contributed by atoms with van der Waals surface area (Å²) in [6.07, 6.45) is 1.71. The Hall–Kier alpha value is -2.91. The Kier molecular flexibility index (Phi) is 5.82. The molecular weight excluding hydrogens is 326 g/mol. The number of benzene rings is 1.